The van der Waals surface area contributed by atoms with Crippen LogP contribution >= 0.6 is 12.2 Å². The van der Waals surface area contributed by atoms with Crippen molar-refractivity contribution in [1.82, 2.24) is 20.2 Å². The van der Waals surface area contributed by atoms with Crippen molar-refractivity contribution in [2.24, 2.45) is 5.84 Å². The van der Waals surface area contributed by atoms with E-state index >= 15 is 0 Å². The molecule has 0 saturated carbocycles. The van der Waals surface area contributed by atoms with Gasteiger partial charge in [0.25, 0.3) is 16.6 Å². The minimum atomic E-state index is -0.430. The molecule has 0 spiro atoms. The minimum absolute atomic E-state index is 0.0776. The average Bonchev–Trinajstić information content (AvgIpc) is 3.28. The van der Waals surface area contributed by atoms with Gasteiger partial charge in [-0.25, -0.2) is 10.5 Å². The molecule has 2 heterocycles. The number of aromatic amines is 1. The van der Waals surface area contributed by atoms with Crippen molar-refractivity contribution in [2.75, 3.05) is 7.11 Å². The predicted molar refractivity (Wildman–Crippen MR) is 107 cm³/mol. The molecule has 4 aromatic rings. The van der Waals surface area contributed by atoms with Crippen LogP contribution in [0.15, 0.2) is 52.9 Å². The van der Waals surface area contributed by atoms with Crippen molar-refractivity contribution >= 4 is 29.0 Å². The summed E-state index contributed by atoms with van der Waals surface area (Å²) >= 11 is 5.20. The van der Waals surface area contributed by atoms with Gasteiger partial charge in [-0.3, -0.25) is 10.2 Å². The third-order valence-corrected chi connectivity index (χ3v) is 4.64. The number of methoxy groups -OCH3 is 1. The fraction of sp³-hybridized carbons (Fsp3) is 0.105. The number of ether oxygens (including phenoxy) is 1. The van der Waals surface area contributed by atoms with Gasteiger partial charge in [0.05, 0.1) is 7.11 Å². The average molecular weight is 395 g/mol. The third-order valence-electron chi connectivity index (χ3n) is 4.34. The first kappa shape index (κ1) is 18.0. The van der Waals surface area contributed by atoms with Crippen molar-refractivity contribution in [3.05, 3.63) is 53.4 Å². The number of fused-ring (bicyclic) bond motifs is 1. The monoisotopic (exact) mass is 395 g/mol. The molecule has 0 atom stereocenters. The van der Waals surface area contributed by atoms with Gasteiger partial charge in [-0.2, -0.15) is 0 Å². The van der Waals surface area contributed by atoms with E-state index in [1.807, 2.05) is 48.5 Å². The van der Waals surface area contributed by atoms with E-state index in [0.717, 1.165) is 27.8 Å². The molecule has 4 N–H and O–H groups in total. The summed E-state index contributed by atoms with van der Waals surface area (Å²) in [4.78, 5) is 15.0. The van der Waals surface area contributed by atoms with Crippen LogP contribution in [-0.2, 0) is 11.3 Å². The second-order valence-electron chi connectivity index (χ2n) is 6.05. The van der Waals surface area contributed by atoms with Crippen LogP contribution in [0.1, 0.15) is 0 Å². The zero-order chi connectivity index (χ0) is 19.7. The highest BCUT2D eigenvalue weighted by molar-refractivity contribution is 7.71. The second-order valence-corrected chi connectivity index (χ2v) is 6.40. The molecule has 1 amide bonds. The molecule has 4 rings (SSSR count). The molecule has 2 aromatic carbocycles. The number of benzene rings is 2. The van der Waals surface area contributed by atoms with Crippen LogP contribution in [0.4, 0.5) is 0 Å². The number of carbonyl (C=O) groups is 1. The van der Waals surface area contributed by atoms with Crippen LogP contribution < -0.4 is 16.0 Å². The number of hydrazine groups is 1. The van der Waals surface area contributed by atoms with E-state index in [-0.39, 0.29) is 17.3 Å². The standard InChI is InChI=1S/C19H17N5O3S/c1-26-12-7-8-14-13(9-12)16(11-5-3-2-4-6-11)17(21-14)18-23-24(19(28)27-18)10-15(25)22-20/h2-9,21H,10,20H2,1H3,(H,22,25). The number of aromatic nitrogens is 3. The number of nitrogens with one attached hydrogen (secondary N) is 2. The fourth-order valence-corrected chi connectivity index (χ4v) is 3.24. The highest BCUT2D eigenvalue weighted by Gasteiger charge is 2.20. The van der Waals surface area contributed by atoms with Crippen LogP contribution in [0.25, 0.3) is 33.6 Å². The van der Waals surface area contributed by atoms with Gasteiger partial charge in [0.15, 0.2) is 0 Å². The van der Waals surface area contributed by atoms with Gasteiger partial charge >= 0.3 is 0 Å². The van der Waals surface area contributed by atoms with Gasteiger partial charge in [-0.05, 0) is 36.0 Å². The van der Waals surface area contributed by atoms with E-state index in [9.17, 15) is 4.79 Å². The topological polar surface area (TPSA) is 111 Å². The molecule has 9 heteroatoms. The first-order valence-corrected chi connectivity index (χ1v) is 8.84. The Labute approximate surface area is 164 Å². The summed E-state index contributed by atoms with van der Waals surface area (Å²) < 4.78 is 12.3. The Kier molecular flexibility index (Phi) is 4.68. The predicted octanol–water partition coefficient (Wildman–Crippen LogP) is 3.02. The van der Waals surface area contributed by atoms with E-state index < -0.39 is 5.91 Å². The molecule has 142 valence electrons. The Morgan fingerprint density at radius 2 is 2.11 bits per heavy atom. The van der Waals surface area contributed by atoms with Gasteiger partial charge in [0, 0.05) is 16.5 Å². The number of nitrogens with zero attached hydrogens (tertiary/aromatic N) is 2. The number of nitrogens with two attached hydrogens (primary N) is 1. The van der Waals surface area contributed by atoms with Crippen LogP contribution in [0.3, 0.4) is 0 Å². The van der Waals surface area contributed by atoms with E-state index in [1.54, 1.807) is 7.11 Å². The van der Waals surface area contributed by atoms with Crippen molar-refractivity contribution in [2.45, 2.75) is 6.54 Å². The molecule has 28 heavy (non-hydrogen) atoms. The summed E-state index contributed by atoms with van der Waals surface area (Å²) in [5.41, 5.74) is 5.49. The lowest BCUT2D eigenvalue weighted by molar-refractivity contribution is -0.121. The summed E-state index contributed by atoms with van der Waals surface area (Å²) in [6.45, 7) is -0.131. The summed E-state index contributed by atoms with van der Waals surface area (Å²) in [7, 11) is 1.62. The normalized spacial score (nSPS) is 10.9. The number of hydrogen-bond donors (Lipinski definition) is 3. The third kappa shape index (κ3) is 3.17. The molecule has 0 aliphatic heterocycles. The van der Waals surface area contributed by atoms with Crippen LogP contribution in [-0.4, -0.2) is 27.8 Å². The first-order valence-electron chi connectivity index (χ1n) is 8.43. The molecule has 0 aliphatic carbocycles. The Morgan fingerprint density at radius 1 is 1.32 bits per heavy atom. The number of rotatable bonds is 5. The van der Waals surface area contributed by atoms with E-state index in [4.69, 9.17) is 27.2 Å². The lowest BCUT2D eigenvalue weighted by Gasteiger charge is -2.04. The second kappa shape index (κ2) is 7.29. The molecule has 0 unspecified atom stereocenters. The molecule has 0 saturated heterocycles. The lowest BCUT2D eigenvalue weighted by atomic mass is 10.0. The molecule has 0 radical (unpaired) electrons. The Morgan fingerprint density at radius 3 is 2.82 bits per heavy atom. The summed E-state index contributed by atoms with van der Waals surface area (Å²) in [5, 5.41) is 5.31. The maximum absolute atomic E-state index is 11.6. The molecule has 2 aromatic heterocycles. The Balaban J connectivity index is 1.93. The SMILES string of the molecule is COc1ccc2[nH]c(-c3nn(CC(=O)NN)c(=S)o3)c(-c3ccccc3)c2c1. The number of amides is 1. The molecule has 8 nitrogen and oxygen atoms in total. The molecule has 0 bridgehead atoms. The zero-order valence-corrected chi connectivity index (χ0v) is 15.7. The van der Waals surface area contributed by atoms with Crippen LogP contribution in [0.5, 0.6) is 5.75 Å². The van der Waals surface area contributed by atoms with Gasteiger partial charge in [0.2, 0.25) is 0 Å². The lowest BCUT2D eigenvalue weighted by Crippen LogP contribution is -2.33. The molecular formula is C19H17N5O3S. The molecule has 0 aliphatic rings. The largest absolute Gasteiger partial charge is 0.497 e. The quantitative estimate of drug-likeness (QED) is 0.207. The first-order chi connectivity index (χ1) is 13.6. The fourth-order valence-electron chi connectivity index (χ4n) is 3.05. The van der Waals surface area contributed by atoms with Crippen LogP contribution in [0.2, 0.25) is 0 Å². The molecule has 0 fully saturated rings. The van der Waals surface area contributed by atoms with Crippen LogP contribution in [0, 0.1) is 4.84 Å². The van der Waals surface area contributed by atoms with Crippen molar-refractivity contribution in [3.63, 3.8) is 0 Å². The highest BCUT2D eigenvalue weighted by Crippen LogP contribution is 2.39. The van der Waals surface area contributed by atoms with E-state index in [0.29, 0.717) is 5.69 Å². The number of carbonyl (C=O) groups excluding carboxylic acids is 1. The number of H-pyrrole nitrogens is 1. The maximum Gasteiger partial charge on any atom is 0.287 e. The van der Waals surface area contributed by atoms with Gasteiger partial charge in [-0.15, -0.1) is 5.10 Å². The van der Waals surface area contributed by atoms with E-state index in [1.165, 1.54) is 4.68 Å². The number of hydrogen-bond acceptors (Lipinski definition) is 6. The summed E-state index contributed by atoms with van der Waals surface area (Å²) in [6.07, 6.45) is 0. The maximum atomic E-state index is 11.6. The smallest absolute Gasteiger partial charge is 0.287 e. The van der Waals surface area contributed by atoms with Crippen molar-refractivity contribution in [1.29, 1.82) is 0 Å². The van der Waals surface area contributed by atoms with Crippen molar-refractivity contribution in [3.8, 4) is 28.5 Å². The Bertz CT molecular complexity index is 1210. The molecular weight excluding hydrogens is 378 g/mol. The summed E-state index contributed by atoms with van der Waals surface area (Å²) in [5.74, 6) is 5.73. The van der Waals surface area contributed by atoms with Gasteiger partial charge < -0.3 is 14.1 Å². The summed E-state index contributed by atoms with van der Waals surface area (Å²) in [6, 6.07) is 15.6. The Hall–Kier alpha value is -3.43. The zero-order valence-electron chi connectivity index (χ0n) is 14.9. The van der Waals surface area contributed by atoms with Crippen molar-refractivity contribution < 1.29 is 13.9 Å². The highest BCUT2D eigenvalue weighted by atomic mass is 32.1. The van der Waals surface area contributed by atoms with E-state index in [2.05, 4.69) is 15.5 Å². The van der Waals surface area contributed by atoms with Gasteiger partial charge in [0.1, 0.15) is 18.0 Å². The van der Waals surface area contributed by atoms with Gasteiger partial charge in [-0.1, -0.05) is 30.3 Å². The minimum Gasteiger partial charge on any atom is -0.497 e.